The Morgan fingerprint density at radius 3 is 2.54 bits per heavy atom. The van der Waals surface area contributed by atoms with E-state index >= 15 is 0 Å². The Bertz CT molecular complexity index is 743. The second kappa shape index (κ2) is 7.67. The van der Waals surface area contributed by atoms with E-state index in [1.807, 2.05) is 40.8 Å². The largest absolute Gasteiger partial charge is 0.376 e. The highest BCUT2D eigenvalue weighted by Gasteiger charge is 2.29. The number of amides is 1. The van der Waals surface area contributed by atoms with Crippen molar-refractivity contribution in [3.63, 3.8) is 0 Å². The van der Waals surface area contributed by atoms with Gasteiger partial charge < -0.3 is 14.2 Å². The van der Waals surface area contributed by atoms with Crippen molar-refractivity contribution in [2.75, 3.05) is 19.7 Å². The number of hydrogen-bond acceptors (Lipinski definition) is 2. The van der Waals surface area contributed by atoms with E-state index in [0.717, 1.165) is 49.5 Å². The predicted molar refractivity (Wildman–Crippen MR) is 103 cm³/mol. The molecule has 1 atom stereocenters. The lowest BCUT2D eigenvalue weighted by molar-refractivity contribution is 0.0441. The number of hydrogen-bond donors (Lipinski definition) is 0. The van der Waals surface area contributed by atoms with Gasteiger partial charge in [0.05, 0.1) is 6.10 Å². The highest BCUT2D eigenvalue weighted by atomic mass is 16.5. The molecule has 1 aliphatic heterocycles. The summed E-state index contributed by atoms with van der Waals surface area (Å²) in [5, 5.41) is 0. The summed E-state index contributed by atoms with van der Waals surface area (Å²) >= 11 is 0. The van der Waals surface area contributed by atoms with Gasteiger partial charge in [0, 0.05) is 32.4 Å². The average Bonchev–Trinajstić information content (AvgIpc) is 3.26. The molecule has 0 spiro atoms. The van der Waals surface area contributed by atoms with Crippen LogP contribution in [0, 0.1) is 5.92 Å². The van der Waals surface area contributed by atoms with Gasteiger partial charge in [0.25, 0.3) is 5.91 Å². The van der Waals surface area contributed by atoms with Crippen LogP contribution in [0.15, 0.2) is 42.5 Å². The van der Waals surface area contributed by atoms with Crippen molar-refractivity contribution >= 4 is 5.91 Å². The molecule has 0 N–H and O–H groups in total. The van der Waals surface area contributed by atoms with Crippen LogP contribution in [0.4, 0.5) is 0 Å². The standard InChI is InChI=1S/C22H28N2O2/c1-23-20(18-9-3-2-4-10-18)12-13-21(23)22(25)24(15-17-7-5-8-17)16-19-11-6-14-26-19/h2-4,9-10,12-13,17,19H,5-8,11,14-16H2,1H3/t19-/m1/s1. The number of carbonyl (C=O) groups excluding carboxylic acids is 1. The molecule has 4 heteroatoms. The van der Waals surface area contributed by atoms with Gasteiger partial charge in [-0.05, 0) is 49.3 Å². The molecule has 0 radical (unpaired) electrons. The van der Waals surface area contributed by atoms with Gasteiger partial charge in [0.2, 0.25) is 0 Å². The molecule has 0 unspecified atom stereocenters. The molecule has 26 heavy (non-hydrogen) atoms. The summed E-state index contributed by atoms with van der Waals surface area (Å²) in [7, 11) is 1.99. The molecule has 2 fully saturated rings. The second-order valence-corrected chi connectivity index (χ2v) is 7.67. The molecule has 2 aliphatic rings. The van der Waals surface area contributed by atoms with Crippen LogP contribution in [0.5, 0.6) is 0 Å². The van der Waals surface area contributed by atoms with Gasteiger partial charge >= 0.3 is 0 Å². The van der Waals surface area contributed by atoms with Crippen molar-refractivity contribution in [2.45, 2.75) is 38.2 Å². The van der Waals surface area contributed by atoms with Crippen molar-refractivity contribution in [1.29, 1.82) is 0 Å². The van der Waals surface area contributed by atoms with Crippen LogP contribution in [-0.4, -0.2) is 41.2 Å². The number of aromatic nitrogens is 1. The van der Waals surface area contributed by atoms with Crippen molar-refractivity contribution in [1.82, 2.24) is 9.47 Å². The SMILES string of the molecule is Cn1c(C(=O)N(CC2CCC2)C[C@H]2CCCO2)ccc1-c1ccccc1. The molecule has 4 nitrogen and oxygen atoms in total. The summed E-state index contributed by atoms with van der Waals surface area (Å²) in [4.78, 5) is 15.4. The fourth-order valence-corrected chi connectivity index (χ4v) is 4.05. The summed E-state index contributed by atoms with van der Waals surface area (Å²) < 4.78 is 7.84. The zero-order valence-electron chi connectivity index (χ0n) is 15.6. The zero-order chi connectivity index (χ0) is 17.9. The average molecular weight is 352 g/mol. The quantitative estimate of drug-likeness (QED) is 0.784. The zero-order valence-corrected chi connectivity index (χ0v) is 15.6. The second-order valence-electron chi connectivity index (χ2n) is 7.67. The first kappa shape index (κ1) is 17.3. The van der Waals surface area contributed by atoms with Crippen molar-refractivity contribution in [3.05, 3.63) is 48.2 Å². The van der Waals surface area contributed by atoms with E-state index in [0.29, 0.717) is 5.92 Å². The lowest BCUT2D eigenvalue weighted by Crippen LogP contribution is -2.42. The minimum Gasteiger partial charge on any atom is -0.376 e. The fraction of sp³-hybridized carbons (Fsp3) is 0.500. The molecular formula is C22H28N2O2. The first-order valence-electron chi connectivity index (χ1n) is 9.84. The molecule has 1 amide bonds. The van der Waals surface area contributed by atoms with Crippen LogP contribution in [0.2, 0.25) is 0 Å². The molecule has 0 bridgehead atoms. The molecule has 1 aromatic heterocycles. The Labute approximate surface area is 155 Å². The Kier molecular flexibility index (Phi) is 5.11. The lowest BCUT2D eigenvalue weighted by atomic mass is 9.85. The lowest BCUT2D eigenvalue weighted by Gasteiger charge is -2.33. The highest BCUT2D eigenvalue weighted by Crippen LogP contribution is 2.29. The van der Waals surface area contributed by atoms with Crippen LogP contribution < -0.4 is 0 Å². The Balaban J connectivity index is 1.55. The van der Waals surface area contributed by atoms with Crippen molar-refractivity contribution < 1.29 is 9.53 Å². The summed E-state index contributed by atoms with van der Waals surface area (Å²) in [6, 6.07) is 14.3. The number of rotatable bonds is 6. The summed E-state index contributed by atoms with van der Waals surface area (Å²) in [5.74, 6) is 0.797. The molecule has 4 rings (SSSR count). The first-order chi connectivity index (χ1) is 12.7. The van der Waals surface area contributed by atoms with Crippen molar-refractivity contribution in [2.24, 2.45) is 13.0 Å². The molecule has 1 aliphatic carbocycles. The number of nitrogens with zero attached hydrogens (tertiary/aromatic N) is 2. The van der Waals surface area contributed by atoms with Gasteiger partial charge in [-0.1, -0.05) is 36.8 Å². The normalized spacial score (nSPS) is 20.1. The molecule has 1 saturated heterocycles. The van der Waals surface area contributed by atoms with E-state index in [1.165, 1.54) is 19.3 Å². The predicted octanol–water partition coefficient (Wildman–Crippen LogP) is 4.11. The molecule has 1 aromatic carbocycles. The smallest absolute Gasteiger partial charge is 0.270 e. The van der Waals surface area contributed by atoms with Crippen LogP contribution in [0.1, 0.15) is 42.6 Å². The monoisotopic (exact) mass is 352 g/mol. The van der Waals surface area contributed by atoms with Crippen molar-refractivity contribution in [3.8, 4) is 11.3 Å². The number of carbonyl (C=O) groups is 1. The number of ether oxygens (including phenoxy) is 1. The molecule has 2 aromatic rings. The third kappa shape index (κ3) is 3.56. The van der Waals surface area contributed by atoms with Gasteiger partial charge in [-0.3, -0.25) is 4.79 Å². The fourth-order valence-electron chi connectivity index (χ4n) is 4.05. The third-order valence-corrected chi connectivity index (χ3v) is 5.85. The van der Waals surface area contributed by atoms with E-state index in [-0.39, 0.29) is 12.0 Å². The van der Waals surface area contributed by atoms with Gasteiger partial charge in [-0.2, -0.15) is 0 Å². The topological polar surface area (TPSA) is 34.5 Å². The van der Waals surface area contributed by atoms with E-state index in [2.05, 4.69) is 18.2 Å². The van der Waals surface area contributed by atoms with E-state index in [1.54, 1.807) is 0 Å². The maximum absolute atomic E-state index is 13.3. The van der Waals surface area contributed by atoms with Gasteiger partial charge in [0.1, 0.15) is 5.69 Å². The van der Waals surface area contributed by atoms with Crippen LogP contribution in [0.25, 0.3) is 11.3 Å². The third-order valence-electron chi connectivity index (χ3n) is 5.85. The van der Waals surface area contributed by atoms with E-state index in [4.69, 9.17) is 4.74 Å². The van der Waals surface area contributed by atoms with Gasteiger partial charge in [-0.25, -0.2) is 0 Å². The van der Waals surface area contributed by atoms with Crippen LogP contribution >= 0.6 is 0 Å². The number of benzene rings is 1. The van der Waals surface area contributed by atoms with Gasteiger partial charge in [0.15, 0.2) is 0 Å². The molecule has 138 valence electrons. The minimum absolute atomic E-state index is 0.136. The van der Waals surface area contributed by atoms with Gasteiger partial charge in [-0.15, -0.1) is 0 Å². The first-order valence-corrected chi connectivity index (χ1v) is 9.84. The van der Waals surface area contributed by atoms with Crippen LogP contribution in [0.3, 0.4) is 0 Å². The van der Waals surface area contributed by atoms with E-state index in [9.17, 15) is 4.79 Å². The Morgan fingerprint density at radius 1 is 1.08 bits per heavy atom. The van der Waals surface area contributed by atoms with E-state index < -0.39 is 0 Å². The minimum atomic E-state index is 0.136. The van der Waals surface area contributed by atoms with Crippen LogP contribution in [-0.2, 0) is 11.8 Å². The maximum atomic E-state index is 13.3. The maximum Gasteiger partial charge on any atom is 0.270 e. The highest BCUT2D eigenvalue weighted by molar-refractivity contribution is 5.94. The summed E-state index contributed by atoms with van der Waals surface area (Å²) in [6.45, 7) is 2.42. The molecular weight excluding hydrogens is 324 g/mol. The Hall–Kier alpha value is -2.07. The summed E-state index contributed by atoms with van der Waals surface area (Å²) in [6.07, 6.45) is 6.17. The summed E-state index contributed by atoms with van der Waals surface area (Å²) in [5.41, 5.74) is 2.98. The Morgan fingerprint density at radius 2 is 1.88 bits per heavy atom. The molecule has 1 saturated carbocycles. The molecule has 2 heterocycles.